The average Bonchev–Trinajstić information content (AvgIpc) is 0.722. The van der Waals surface area contributed by atoms with Crippen LogP contribution in [-0.2, 0) is 0 Å². The Morgan fingerprint density at radius 3 is 1.17 bits per heavy atom. The molecule has 0 fully saturated rings. The summed E-state index contributed by atoms with van der Waals surface area (Å²) < 4.78 is 33.2. The molecule has 0 aliphatic rings. The molecule has 0 aromatic carbocycles. The van der Waals surface area contributed by atoms with Crippen LogP contribution >= 0.6 is 0 Å². The quantitative estimate of drug-likeness (QED) is 0.323. The van der Waals surface area contributed by atoms with Crippen LogP contribution in [-0.4, -0.2) is 30.7 Å². The van der Waals surface area contributed by atoms with E-state index in [1.807, 2.05) is 0 Å². The van der Waals surface area contributed by atoms with Crippen LogP contribution in [0, 0.1) is 0 Å². The van der Waals surface area contributed by atoms with Gasteiger partial charge in [-0.3, -0.25) is 10.3 Å². The average molecular weight is 401 g/mol. The predicted octanol–water partition coefficient (Wildman–Crippen LogP) is -8.04. The summed E-state index contributed by atoms with van der Waals surface area (Å²) in [4.78, 5) is 0. The van der Waals surface area contributed by atoms with Crippen molar-refractivity contribution in [2.45, 2.75) is 0 Å². The van der Waals surface area contributed by atoms with Gasteiger partial charge in [0.15, 0.2) is 0 Å². The third-order valence-corrected chi connectivity index (χ3v) is 0. The van der Waals surface area contributed by atoms with Crippen molar-refractivity contribution in [2.24, 2.45) is 0 Å². The monoisotopic (exact) mass is 402 g/mol. The normalized spacial score (nSPS) is 10.0. The predicted molar refractivity (Wildman–Crippen MR) is 10.8 cm³/mol. The summed E-state index contributed by atoms with van der Waals surface area (Å²) >= 11 is -5.69. The Morgan fingerprint density at radius 2 is 1.17 bits per heavy atom. The van der Waals surface area contributed by atoms with E-state index in [4.69, 9.17) is 13.7 Å². The van der Waals surface area contributed by atoms with Gasteiger partial charge in [0.05, 0.1) is 0 Å². The first kappa shape index (κ1) is 10.5. The molecule has 0 rings (SSSR count). The second-order valence-corrected chi connectivity index (χ2v) is 2.66. The van der Waals surface area contributed by atoms with Crippen LogP contribution in [0.3, 0.4) is 0 Å². The van der Waals surface area contributed by atoms with Crippen molar-refractivity contribution in [3.8, 4) is 0 Å². The Morgan fingerprint density at radius 1 is 1.17 bits per heavy atom. The maximum absolute atomic E-state index is 8.73. The molecule has 6 heavy (non-hydrogen) atoms. The maximum atomic E-state index is 8.73. The standard InChI is InChI=1S/HIO4.Pb.2H/c2-1(3,4)5;;;/h2H;;;. The van der Waals surface area contributed by atoms with Crippen molar-refractivity contribution < 1.29 is 33.8 Å². The number of rotatable bonds is 0. The molecule has 0 aliphatic heterocycles. The molecular formula is H3IO4Pb. The molecule has 38 valence electrons. The SMILES string of the molecule is [O-][I+3]([O-])([O-])O.[PbH2]. The van der Waals surface area contributed by atoms with Gasteiger partial charge in [-0.05, 0) is 0 Å². The van der Waals surface area contributed by atoms with Gasteiger partial charge in [-0.2, -0.15) is 0 Å². The van der Waals surface area contributed by atoms with Gasteiger partial charge in [0.2, 0.25) is 0 Å². The molecule has 1 N–H and O–H groups in total. The fourth-order valence-electron chi connectivity index (χ4n) is 0. The third-order valence-electron chi connectivity index (χ3n) is 0. The Kier molecular flexibility index (Phi) is 6.09. The minimum absolute atomic E-state index is 0. The molecule has 6 heteroatoms. The van der Waals surface area contributed by atoms with Gasteiger partial charge >= 0.3 is 47.4 Å². The molecule has 0 bridgehead atoms. The third kappa shape index (κ3) is 49.8. The van der Waals surface area contributed by atoms with Crippen LogP contribution in [0.4, 0.5) is 0 Å². The molecule has 0 unspecified atom stereocenters. The molecule has 0 aromatic heterocycles. The molecule has 0 spiro atoms. The first-order valence-electron chi connectivity index (χ1n) is 0.632. The summed E-state index contributed by atoms with van der Waals surface area (Å²) in [6.07, 6.45) is 0. The van der Waals surface area contributed by atoms with Gasteiger partial charge in [-0.15, -0.1) is 0 Å². The van der Waals surface area contributed by atoms with E-state index >= 15 is 0 Å². The van der Waals surface area contributed by atoms with Gasteiger partial charge in [-0.1, -0.05) is 0 Å². The fraction of sp³-hybridized carbons (Fsp3) is 0. The number of hydrogen-bond acceptors (Lipinski definition) is 4. The Balaban J connectivity index is 0. The first-order valence-corrected chi connectivity index (χ1v) is 4.24. The fourth-order valence-corrected chi connectivity index (χ4v) is 0. The van der Waals surface area contributed by atoms with E-state index < -0.39 is 20.1 Å². The van der Waals surface area contributed by atoms with E-state index in [0.29, 0.717) is 0 Å². The molecule has 0 atom stereocenters. The Bertz CT molecular complexity index is 23.0. The van der Waals surface area contributed by atoms with Crippen molar-refractivity contribution in [2.75, 3.05) is 0 Å². The van der Waals surface area contributed by atoms with Crippen molar-refractivity contribution in [3.05, 3.63) is 0 Å². The summed E-state index contributed by atoms with van der Waals surface area (Å²) in [5.74, 6) is 0. The molecule has 0 heterocycles. The molecule has 0 aromatic rings. The molecule has 2 radical (unpaired) electrons. The van der Waals surface area contributed by atoms with Crippen molar-refractivity contribution in [1.29, 1.82) is 0 Å². The van der Waals surface area contributed by atoms with Crippen molar-refractivity contribution in [3.63, 3.8) is 0 Å². The van der Waals surface area contributed by atoms with Crippen LogP contribution < -0.4 is 30.4 Å². The van der Waals surface area contributed by atoms with E-state index in [1.165, 1.54) is 0 Å². The first-order chi connectivity index (χ1) is 2.00. The van der Waals surface area contributed by atoms with Gasteiger partial charge in [0.1, 0.15) is 0 Å². The van der Waals surface area contributed by atoms with E-state index in [1.54, 1.807) is 0 Å². The van der Waals surface area contributed by atoms with E-state index in [2.05, 4.69) is 0 Å². The number of hydrogen-bond donors (Lipinski definition) is 1. The van der Waals surface area contributed by atoms with E-state index in [9.17, 15) is 0 Å². The Hall–Kier alpha value is 1.49. The molecule has 0 amide bonds. The summed E-state index contributed by atoms with van der Waals surface area (Å²) in [6.45, 7) is 0. The van der Waals surface area contributed by atoms with Crippen molar-refractivity contribution >= 4 is 27.3 Å². The molecule has 0 aliphatic carbocycles. The van der Waals surface area contributed by atoms with Gasteiger partial charge in [0, 0.05) is 3.44 Å². The zero-order valence-electron chi connectivity index (χ0n) is 2.76. The van der Waals surface area contributed by atoms with Gasteiger partial charge in [0.25, 0.3) is 0 Å². The molecule has 0 saturated carbocycles. The van der Waals surface area contributed by atoms with Crippen molar-refractivity contribution in [1.82, 2.24) is 0 Å². The number of halogens is 1. The van der Waals surface area contributed by atoms with Crippen LogP contribution in [0.2, 0.25) is 0 Å². The summed E-state index contributed by atoms with van der Waals surface area (Å²) in [6, 6.07) is 0. The molecule has 0 saturated heterocycles. The summed E-state index contributed by atoms with van der Waals surface area (Å²) in [5, 5.41) is 0. The molecular weight excluding hydrogens is 398 g/mol. The zero-order valence-corrected chi connectivity index (χ0v) is 10.4. The Labute approximate surface area is 60.7 Å². The van der Waals surface area contributed by atoms with Gasteiger partial charge < -0.3 is 0 Å². The summed E-state index contributed by atoms with van der Waals surface area (Å²) in [5.41, 5.74) is 0. The second-order valence-electron chi connectivity index (χ2n) is 0.396. The second kappa shape index (κ2) is 3.49. The van der Waals surface area contributed by atoms with Crippen LogP contribution in [0.1, 0.15) is 0 Å². The van der Waals surface area contributed by atoms with Gasteiger partial charge in [-0.25, -0.2) is 0 Å². The van der Waals surface area contributed by atoms with Crippen LogP contribution in [0.25, 0.3) is 0 Å². The van der Waals surface area contributed by atoms with E-state index in [0.717, 1.165) is 0 Å². The summed E-state index contributed by atoms with van der Waals surface area (Å²) in [7, 11) is 0. The molecule has 4 nitrogen and oxygen atoms in total. The topological polar surface area (TPSA) is 89.4 Å². The van der Waals surface area contributed by atoms with Crippen LogP contribution in [0.5, 0.6) is 0 Å². The van der Waals surface area contributed by atoms with E-state index in [-0.39, 0.29) is 27.3 Å². The minimum atomic E-state index is -5.69. The zero-order chi connectivity index (χ0) is 4.50. The van der Waals surface area contributed by atoms with Crippen LogP contribution in [0.15, 0.2) is 0 Å².